The maximum absolute atomic E-state index is 14.0. The predicted octanol–water partition coefficient (Wildman–Crippen LogP) is 5.87. The molecule has 0 aliphatic carbocycles. The van der Waals surface area contributed by atoms with E-state index in [1.54, 1.807) is 50.3 Å². The van der Waals surface area contributed by atoms with Crippen molar-refractivity contribution in [2.24, 2.45) is 0 Å². The summed E-state index contributed by atoms with van der Waals surface area (Å²) in [6.45, 7) is 4.16. The topological polar surface area (TPSA) is 94.2 Å². The Morgan fingerprint density at radius 1 is 1.03 bits per heavy atom. The van der Waals surface area contributed by atoms with Crippen molar-refractivity contribution in [2.45, 2.75) is 25.3 Å². The van der Waals surface area contributed by atoms with Gasteiger partial charge in [-0.25, -0.2) is 12.8 Å². The Hall–Kier alpha value is -3.41. The summed E-state index contributed by atoms with van der Waals surface area (Å²) < 4.78 is 58.2. The molecule has 0 radical (unpaired) electrons. The zero-order chi connectivity index (χ0) is 28.6. The molecule has 8 nitrogen and oxygen atoms in total. The second kappa shape index (κ2) is 13.6. The van der Waals surface area contributed by atoms with E-state index < -0.39 is 15.9 Å². The zero-order valence-electron chi connectivity index (χ0n) is 22.0. The van der Waals surface area contributed by atoms with Crippen LogP contribution in [0.3, 0.4) is 0 Å². The van der Waals surface area contributed by atoms with E-state index in [4.69, 9.17) is 14.2 Å². The van der Waals surface area contributed by atoms with Crippen LogP contribution in [0.4, 0.5) is 10.1 Å². The summed E-state index contributed by atoms with van der Waals surface area (Å²) in [4.78, 5) is 12.8. The van der Waals surface area contributed by atoms with E-state index in [0.717, 1.165) is 0 Å². The molecule has 0 aromatic heterocycles. The number of amides is 1. The highest BCUT2D eigenvalue weighted by Gasteiger charge is 2.23. The molecular weight excluding hydrogens is 591 g/mol. The second-order valence-corrected chi connectivity index (χ2v) is 11.0. The smallest absolute Gasteiger partial charge is 0.248 e. The van der Waals surface area contributed by atoms with E-state index in [0.29, 0.717) is 45.9 Å². The summed E-state index contributed by atoms with van der Waals surface area (Å²) >= 11 is 3.45. The average Bonchev–Trinajstić information content (AvgIpc) is 2.92. The average molecular weight is 622 g/mol. The standard InChI is InChI=1S/C28H30BrFN2O6S/c1-5-32(6-2)39(34,35)21-12-13-25(36-3)24(17-21)31-27(33)14-11-19-15-22(29)28(26(16-19)37-4)38-18-20-9-7-8-10-23(20)30/h7-17H,5-6,18H2,1-4H3,(H,31,33)/b14-11+. The Labute approximate surface area is 236 Å². The first-order valence-electron chi connectivity index (χ1n) is 12.1. The number of hydrogen-bond acceptors (Lipinski definition) is 6. The Morgan fingerprint density at radius 3 is 2.36 bits per heavy atom. The molecule has 0 spiro atoms. The van der Waals surface area contributed by atoms with Gasteiger partial charge in [0.15, 0.2) is 11.5 Å². The third kappa shape index (κ3) is 7.37. The summed E-state index contributed by atoms with van der Waals surface area (Å²) in [7, 11) is -0.819. The fourth-order valence-electron chi connectivity index (χ4n) is 3.75. The van der Waals surface area contributed by atoms with Crippen molar-refractivity contribution in [3.05, 3.63) is 82.1 Å². The lowest BCUT2D eigenvalue weighted by Gasteiger charge is -2.19. The number of benzene rings is 3. The van der Waals surface area contributed by atoms with E-state index in [2.05, 4.69) is 21.2 Å². The fourth-order valence-corrected chi connectivity index (χ4v) is 5.80. The molecule has 11 heteroatoms. The van der Waals surface area contributed by atoms with Gasteiger partial charge in [-0.1, -0.05) is 32.0 Å². The van der Waals surface area contributed by atoms with Crippen LogP contribution in [-0.2, 0) is 21.4 Å². The highest BCUT2D eigenvalue weighted by Crippen LogP contribution is 2.38. The number of methoxy groups -OCH3 is 2. The minimum atomic E-state index is -3.72. The van der Waals surface area contributed by atoms with E-state index in [-0.39, 0.29) is 23.0 Å². The van der Waals surface area contributed by atoms with E-state index in [1.165, 1.54) is 48.9 Å². The molecule has 39 heavy (non-hydrogen) atoms. The minimum absolute atomic E-state index is 0.00408. The van der Waals surface area contributed by atoms with Crippen LogP contribution in [0, 0.1) is 5.82 Å². The Balaban J connectivity index is 1.79. The SMILES string of the molecule is CCN(CC)S(=O)(=O)c1ccc(OC)c(NC(=O)/C=C/c2cc(Br)c(OCc3ccccc3F)c(OC)c2)c1. The first-order valence-corrected chi connectivity index (χ1v) is 14.3. The number of nitrogens with one attached hydrogen (secondary N) is 1. The van der Waals surface area contributed by atoms with Gasteiger partial charge in [-0.05, 0) is 64.0 Å². The lowest BCUT2D eigenvalue weighted by atomic mass is 10.1. The van der Waals surface area contributed by atoms with Crippen molar-refractivity contribution in [1.29, 1.82) is 0 Å². The first kappa shape index (κ1) is 30.1. The van der Waals surface area contributed by atoms with Crippen LogP contribution in [0.15, 0.2) is 70.0 Å². The van der Waals surface area contributed by atoms with Gasteiger partial charge in [0.05, 0.1) is 29.3 Å². The molecule has 0 saturated heterocycles. The Morgan fingerprint density at radius 2 is 1.72 bits per heavy atom. The number of carbonyl (C=O) groups is 1. The number of nitrogens with zero attached hydrogens (tertiary/aromatic N) is 1. The zero-order valence-corrected chi connectivity index (χ0v) is 24.4. The third-order valence-corrected chi connectivity index (χ3v) is 8.42. The largest absolute Gasteiger partial charge is 0.495 e. The van der Waals surface area contributed by atoms with Crippen LogP contribution < -0.4 is 19.5 Å². The molecule has 208 valence electrons. The maximum atomic E-state index is 14.0. The van der Waals surface area contributed by atoms with Crippen LogP contribution >= 0.6 is 15.9 Å². The maximum Gasteiger partial charge on any atom is 0.248 e. The molecule has 0 saturated carbocycles. The van der Waals surface area contributed by atoms with Gasteiger partial charge >= 0.3 is 0 Å². The van der Waals surface area contributed by atoms with Crippen molar-refractivity contribution in [3.8, 4) is 17.2 Å². The molecular formula is C28H30BrFN2O6S. The lowest BCUT2D eigenvalue weighted by molar-refractivity contribution is -0.111. The predicted molar refractivity (Wildman–Crippen MR) is 152 cm³/mol. The fraction of sp³-hybridized carbons (Fsp3) is 0.250. The van der Waals surface area contributed by atoms with E-state index in [1.807, 2.05) is 0 Å². The molecule has 3 aromatic rings. The monoisotopic (exact) mass is 620 g/mol. The van der Waals surface area contributed by atoms with Gasteiger partial charge < -0.3 is 19.5 Å². The van der Waals surface area contributed by atoms with Crippen LogP contribution in [0.1, 0.15) is 25.0 Å². The second-order valence-electron chi connectivity index (χ2n) is 8.19. The molecule has 0 aliphatic heterocycles. The van der Waals surface area contributed by atoms with Gasteiger partial charge in [0.25, 0.3) is 0 Å². The Bertz CT molecular complexity index is 1460. The summed E-state index contributed by atoms with van der Waals surface area (Å²) in [5.74, 6) is 0.220. The lowest BCUT2D eigenvalue weighted by Crippen LogP contribution is -2.30. The van der Waals surface area contributed by atoms with Gasteiger partial charge in [0, 0.05) is 24.7 Å². The van der Waals surface area contributed by atoms with Crippen molar-refractivity contribution in [2.75, 3.05) is 32.6 Å². The molecule has 0 aliphatic rings. The van der Waals surface area contributed by atoms with Gasteiger partial charge in [-0.15, -0.1) is 0 Å². The van der Waals surface area contributed by atoms with Crippen molar-refractivity contribution in [1.82, 2.24) is 4.31 Å². The van der Waals surface area contributed by atoms with Crippen molar-refractivity contribution in [3.63, 3.8) is 0 Å². The molecule has 0 unspecified atom stereocenters. The van der Waals surface area contributed by atoms with Gasteiger partial charge in [0.2, 0.25) is 15.9 Å². The normalized spacial score (nSPS) is 11.6. The number of sulfonamides is 1. The van der Waals surface area contributed by atoms with Crippen LogP contribution in [0.5, 0.6) is 17.2 Å². The van der Waals surface area contributed by atoms with Crippen molar-refractivity contribution >= 4 is 43.6 Å². The minimum Gasteiger partial charge on any atom is -0.495 e. The number of carbonyl (C=O) groups excluding carboxylic acids is 1. The van der Waals surface area contributed by atoms with Gasteiger partial charge in [0.1, 0.15) is 18.2 Å². The third-order valence-electron chi connectivity index (χ3n) is 5.78. The van der Waals surface area contributed by atoms with E-state index >= 15 is 0 Å². The highest BCUT2D eigenvalue weighted by molar-refractivity contribution is 9.10. The molecule has 1 amide bonds. The molecule has 0 bridgehead atoms. The summed E-state index contributed by atoms with van der Waals surface area (Å²) in [5.41, 5.74) is 1.24. The molecule has 3 rings (SSSR count). The number of hydrogen-bond donors (Lipinski definition) is 1. The van der Waals surface area contributed by atoms with Crippen molar-refractivity contribution < 1.29 is 31.8 Å². The highest BCUT2D eigenvalue weighted by atomic mass is 79.9. The molecule has 0 fully saturated rings. The van der Waals surface area contributed by atoms with Crippen LogP contribution in [-0.4, -0.2) is 45.9 Å². The number of rotatable bonds is 12. The van der Waals surface area contributed by atoms with Crippen LogP contribution in [0.2, 0.25) is 0 Å². The quantitative estimate of drug-likeness (QED) is 0.255. The summed E-state index contributed by atoms with van der Waals surface area (Å²) in [6.07, 6.45) is 2.86. The van der Waals surface area contributed by atoms with Gasteiger partial charge in [-0.2, -0.15) is 4.31 Å². The van der Waals surface area contributed by atoms with Crippen LogP contribution in [0.25, 0.3) is 6.08 Å². The van der Waals surface area contributed by atoms with Gasteiger partial charge in [-0.3, -0.25) is 4.79 Å². The first-order chi connectivity index (χ1) is 18.6. The van der Waals surface area contributed by atoms with E-state index in [9.17, 15) is 17.6 Å². The molecule has 3 aromatic carbocycles. The molecule has 0 atom stereocenters. The number of ether oxygens (including phenoxy) is 3. The Kier molecular flexibility index (Phi) is 10.5. The molecule has 1 N–H and O–H groups in total. The summed E-state index contributed by atoms with van der Waals surface area (Å²) in [6, 6.07) is 14.0. The number of halogens is 2. The molecule has 0 heterocycles. The number of anilines is 1. The summed E-state index contributed by atoms with van der Waals surface area (Å²) in [5, 5.41) is 2.68.